The van der Waals surface area contributed by atoms with Crippen LogP contribution in [-0.4, -0.2) is 5.78 Å². The van der Waals surface area contributed by atoms with Gasteiger partial charge in [-0.1, -0.05) is 84.9 Å². The Kier molecular flexibility index (Phi) is 4.77. The summed E-state index contributed by atoms with van der Waals surface area (Å²) in [5, 5.41) is 0. The van der Waals surface area contributed by atoms with E-state index in [9.17, 15) is 4.79 Å². The third-order valence-corrected chi connectivity index (χ3v) is 5.75. The third-order valence-electron chi connectivity index (χ3n) is 5.75. The van der Waals surface area contributed by atoms with E-state index in [1.165, 1.54) is 27.8 Å². The molecule has 0 spiro atoms. The van der Waals surface area contributed by atoms with E-state index in [1.807, 2.05) is 6.92 Å². The van der Waals surface area contributed by atoms with Crippen molar-refractivity contribution in [2.45, 2.75) is 32.1 Å². The molecule has 0 N–H and O–H groups in total. The SMILES string of the molecule is CC(=O)C(C)=CCC(c1ccccc1)C1c2ccccc2-c2ccccc21. The van der Waals surface area contributed by atoms with Gasteiger partial charge in [0.15, 0.2) is 5.78 Å². The molecule has 1 atom stereocenters. The Morgan fingerprint density at radius 1 is 0.815 bits per heavy atom. The smallest absolute Gasteiger partial charge is 0.155 e. The summed E-state index contributed by atoms with van der Waals surface area (Å²) in [6.45, 7) is 3.56. The summed E-state index contributed by atoms with van der Waals surface area (Å²) < 4.78 is 0. The summed E-state index contributed by atoms with van der Waals surface area (Å²) in [6.07, 6.45) is 2.96. The number of fused-ring (bicyclic) bond motifs is 3. The van der Waals surface area contributed by atoms with Crippen LogP contribution in [0.25, 0.3) is 11.1 Å². The molecule has 3 aromatic carbocycles. The first-order valence-electron chi connectivity index (χ1n) is 9.57. The monoisotopic (exact) mass is 352 g/mol. The predicted octanol–water partition coefficient (Wildman–Crippen LogP) is 6.51. The molecule has 0 saturated carbocycles. The molecule has 0 amide bonds. The number of rotatable bonds is 5. The van der Waals surface area contributed by atoms with Gasteiger partial charge in [-0.25, -0.2) is 0 Å². The Morgan fingerprint density at radius 2 is 1.33 bits per heavy atom. The Morgan fingerprint density at radius 3 is 1.89 bits per heavy atom. The lowest BCUT2D eigenvalue weighted by molar-refractivity contribution is -0.113. The highest BCUT2D eigenvalue weighted by atomic mass is 16.1. The molecule has 0 aliphatic heterocycles. The fourth-order valence-corrected chi connectivity index (χ4v) is 4.24. The molecule has 0 saturated heterocycles. The van der Waals surface area contributed by atoms with Gasteiger partial charge >= 0.3 is 0 Å². The van der Waals surface area contributed by atoms with Crippen molar-refractivity contribution >= 4 is 5.78 Å². The molecule has 3 aromatic rings. The van der Waals surface area contributed by atoms with Crippen LogP contribution < -0.4 is 0 Å². The molecule has 27 heavy (non-hydrogen) atoms. The van der Waals surface area contributed by atoms with Crippen molar-refractivity contribution in [2.75, 3.05) is 0 Å². The average molecular weight is 352 g/mol. The molecule has 1 unspecified atom stereocenters. The maximum atomic E-state index is 11.7. The number of ketones is 1. The maximum absolute atomic E-state index is 11.7. The van der Waals surface area contributed by atoms with E-state index >= 15 is 0 Å². The number of carbonyl (C=O) groups excluding carboxylic acids is 1. The number of Topliss-reactive ketones (excluding diaryl/α,β-unsaturated/α-hetero) is 1. The van der Waals surface area contributed by atoms with Gasteiger partial charge in [-0.15, -0.1) is 0 Å². The standard InChI is InChI=1S/C26H24O/c1-18(19(2)27)16-17-21(20-10-4-3-5-11-20)26-24-14-8-6-12-22(24)23-13-7-9-15-25(23)26/h3-16,21,26H,17H2,1-2H3. The van der Waals surface area contributed by atoms with Crippen LogP contribution in [-0.2, 0) is 4.79 Å². The number of benzene rings is 3. The van der Waals surface area contributed by atoms with E-state index in [0.29, 0.717) is 11.8 Å². The highest BCUT2D eigenvalue weighted by molar-refractivity contribution is 5.92. The van der Waals surface area contributed by atoms with Crippen molar-refractivity contribution in [1.82, 2.24) is 0 Å². The van der Waals surface area contributed by atoms with Crippen LogP contribution in [0.1, 0.15) is 48.8 Å². The van der Waals surface area contributed by atoms with Crippen LogP contribution in [0.4, 0.5) is 0 Å². The van der Waals surface area contributed by atoms with Crippen LogP contribution in [0.15, 0.2) is 90.5 Å². The molecular formula is C26H24O. The van der Waals surface area contributed by atoms with Gasteiger partial charge in [-0.2, -0.15) is 0 Å². The van der Waals surface area contributed by atoms with Crippen molar-refractivity contribution in [1.29, 1.82) is 0 Å². The molecule has 1 heteroatoms. The van der Waals surface area contributed by atoms with Gasteiger partial charge < -0.3 is 0 Å². The first kappa shape index (κ1) is 17.5. The molecule has 0 bridgehead atoms. The van der Waals surface area contributed by atoms with Crippen LogP contribution in [0, 0.1) is 0 Å². The van der Waals surface area contributed by atoms with E-state index in [4.69, 9.17) is 0 Å². The van der Waals surface area contributed by atoms with Gasteiger partial charge in [-0.3, -0.25) is 4.79 Å². The lowest BCUT2D eigenvalue weighted by atomic mass is 9.77. The largest absolute Gasteiger partial charge is 0.295 e. The first-order valence-corrected chi connectivity index (χ1v) is 9.57. The zero-order chi connectivity index (χ0) is 18.8. The van der Waals surface area contributed by atoms with Gasteiger partial charge in [0.1, 0.15) is 0 Å². The van der Waals surface area contributed by atoms with Gasteiger partial charge in [0.05, 0.1) is 0 Å². The number of carbonyl (C=O) groups is 1. The highest BCUT2D eigenvalue weighted by Gasteiger charge is 2.34. The number of hydrogen-bond acceptors (Lipinski definition) is 1. The zero-order valence-electron chi connectivity index (χ0n) is 15.9. The molecule has 0 heterocycles. The minimum atomic E-state index is 0.147. The fourth-order valence-electron chi connectivity index (χ4n) is 4.24. The molecule has 1 aliphatic carbocycles. The lowest BCUT2D eigenvalue weighted by Crippen LogP contribution is -2.11. The van der Waals surface area contributed by atoms with Gasteiger partial charge in [0.2, 0.25) is 0 Å². The summed E-state index contributed by atoms with van der Waals surface area (Å²) in [5.41, 5.74) is 7.62. The van der Waals surface area contributed by atoms with Crippen LogP contribution in [0.2, 0.25) is 0 Å². The molecule has 4 rings (SSSR count). The summed E-state index contributed by atoms with van der Waals surface area (Å²) in [7, 11) is 0. The van der Waals surface area contributed by atoms with Gasteiger partial charge in [-0.05, 0) is 59.6 Å². The van der Waals surface area contributed by atoms with Crippen LogP contribution in [0.3, 0.4) is 0 Å². The number of hydrogen-bond donors (Lipinski definition) is 0. The van der Waals surface area contributed by atoms with Crippen molar-refractivity contribution in [3.8, 4) is 11.1 Å². The average Bonchev–Trinajstić information content (AvgIpc) is 3.04. The molecular weight excluding hydrogens is 328 g/mol. The normalized spacial score (nSPS) is 14.5. The fraction of sp³-hybridized carbons (Fsp3) is 0.192. The maximum Gasteiger partial charge on any atom is 0.155 e. The minimum absolute atomic E-state index is 0.147. The molecule has 134 valence electrons. The second-order valence-corrected chi connectivity index (χ2v) is 7.35. The van der Waals surface area contributed by atoms with Gasteiger partial charge in [0.25, 0.3) is 0 Å². The Labute approximate surface area is 161 Å². The van der Waals surface area contributed by atoms with Gasteiger partial charge in [0, 0.05) is 5.92 Å². The van der Waals surface area contributed by atoms with Crippen molar-refractivity contribution in [3.05, 3.63) is 107 Å². The van der Waals surface area contributed by atoms with Crippen LogP contribution in [0.5, 0.6) is 0 Å². The van der Waals surface area contributed by atoms with Crippen LogP contribution >= 0.6 is 0 Å². The van der Waals surface area contributed by atoms with Crippen molar-refractivity contribution in [3.63, 3.8) is 0 Å². The predicted molar refractivity (Wildman–Crippen MR) is 112 cm³/mol. The molecule has 0 fully saturated rings. The highest BCUT2D eigenvalue weighted by Crippen LogP contribution is 2.51. The van der Waals surface area contributed by atoms with E-state index in [2.05, 4.69) is 84.9 Å². The van der Waals surface area contributed by atoms with E-state index < -0.39 is 0 Å². The second-order valence-electron chi connectivity index (χ2n) is 7.35. The molecule has 0 radical (unpaired) electrons. The zero-order valence-corrected chi connectivity index (χ0v) is 15.9. The molecule has 0 aromatic heterocycles. The summed E-state index contributed by atoms with van der Waals surface area (Å²) in [4.78, 5) is 11.7. The van der Waals surface area contributed by atoms with E-state index in [0.717, 1.165) is 12.0 Å². The first-order chi connectivity index (χ1) is 13.2. The number of allylic oxidation sites excluding steroid dienone is 2. The van der Waals surface area contributed by atoms with Crippen molar-refractivity contribution in [2.24, 2.45) is 0 Å². The van der Waals surface area contributed by atoms with Crippen molar-refractivity contribution < 1.29 is 4.79 Å². The quantitative estimate of drug-likeness (QED) is 0.478. The Balaban J connectivity index is 1.85. The Bertz CT molecular complexity index is 952. The van der Waals surface area contributed by atoms with E-state index in [1.54, 1.807) is 6.92 Å². The minimum Gasteiger partial charge on any atom is -0.295 e. The third kappa shape index (κ3) is 3.26. The topological polar surface area (TPSA) is 17.1 Å². The second kappa shape index (κ2) is 7.36. The summed E-state index contributed by atoms with van der Waals surface area (Å²) >= 11 is 0. The van der Waals surface area contributed by atoms with E-state index in [-0.39, 0.29) is 5.78 Å². The summed E-state index contributed by atoms with van der Waals surface area (Å²) in [5.74, 6) is 0.746. The Hall–Kier alpha value is -2.93. The molecule has 1 nitrogen and oxygen atoms in total. The summed E-state index contributed by atoms with van der Waals surface area (Å²) in [6, 6.07) is 28.2. The molecule has 1 aliphatic rings. The lowest BCUT2D eigenvalue weighted by Gasteiger charge is -2.25.